The monoisotopic (exact) mass is 287 g/mol. The summed E-state index contributed by atoms with van der Waals surface area (Å²) in [7, 11) is 0. The van der Waals surface area contributed by atoms with Crippen molar-refractivity contribution < 1.29 is 4.79 Å². The van der Waals surface area contributed by atoms with Gasteiger partial charge in [-0.15, -0.1) is 0 Å². The lowest BCUT2D eigenvalue weighted by Gasteiger charge is -2.17. The minimum absolute atomic E-state index is 0.0576. The Morgan fingerprint density at radius 3 is 2.50 bits per heavy atom. The van der Waals surface area contributed by atoms with Crippen LogP contribution >= 0.6 is 23.2 Å². The van der Waals surface area contributed by atoms with Crippen molar-refractivity contribution in [2.24, 2.45) is 5.92 Å². The number of carbonyl (C=O) groups excluding carboxylic acids is 1. The highest BCUT2D eigenvalue weighted by atomic mass is 35.5. The second-order valence-electron chi connectivity index (χ2n) is 4.84. The average Bonchev–Trinajstić information content (AvgIpc) is 2.27. The maximum absolute atomic E-state index is 11.7. The number of benzene rings is 1. The van der Waals surface area contributed by atoms with Crippen molar-refractivity contribution in [3.8, 4) is 0 Å². The normalized spacial score (nSPS) is 12.6. The Balaban J connectivity index is 2.47. The molecule has 0 aromatic heterocycles. The summed E-state index contributed by atoms with van der Waals surface area (Å²) < 4.78 is 0. The molecule has 0 bridgehead atoms. The molecule has 0 aliphatic heterocycles. The summed E-state index contributed by atoms with van der Waals surface area (Å²) in [6, 6.07) is 5.55. The van der Waals surface area contributed by atoms with E-state index in [0.717, 1.165) is 5.56 Å². The van der Waals surface area contributed by atoms with Crippen LogP contribution in [0.5, 0.6) is 0 Å². The van der Waals surface area contributed by atoms with E-state index in [0.29, 0.717) is 28.8 Å². The zero-order valence-corrected chi connectivity index (χ0v) is 12.5. The summed E-state index contributed by atoms with van der Waals surface area (Å²) in [5.74, 6) is 0.496. The van der Waals surface area contributed by atoms with Crippen LogP contribution in [0.1, 0.15) is 32.8 Å². The smallest absolute Gasteiger partial charge is 0.220 e. The first kappa shape index (κ1) is 15.3. The standard InChI is InChI=1S/C14H19Cl2NO/c1-9(2)10(3)17-14(18)7-5-11-4-6-12(15)8-13(11)16/h4,6,8-10H,5,7H2,1-3H3,(H,17,18)/t10-/m0/s1. The van der Waals surface area contributed by atoms with E-state index >= 15 is 0 Å². The van der Waals surface area contributed by atoms with Gasteiger partial charge in [0, 0.05) is 22.5 Å². The molecule has 1 amide bonds. The molecule has 0 unspecified atom stereocenters. The molecule has 2 nitrogen and oxygen atoms in total. The van der Waals surface area contributed by atoms with Gasteiger partial charge in [0.15, 0.2) is 0 Å². The van der Waals surface area contributed by atoms with Gasteiger partial charge in [0.1, 0.15) is 0 Å². The zero-order chi connectivity index (χ0) is 13.7. The molecule has 0 spiro atoms. The number of rotatable bonds is 5. The minimum Gasteiger partial charge on any atom is -0.353 e. The van der Waals surface area contributed by atoms with Crippen LogP contribution < -0.4 is 5.32 Å². The van der Waals surface area contributed by atoms with Crippen LogP contribution in [0.4, 0.5) is 0 Å². The van der Waals surface area contributed by atoms with Crippen LogP contribution in [0.25, 0.3) is 0 Å². The molecule has 1 aromatic carbocycles. The number of halogens is 2. The van der Waals surface area contributed by atoms with Crippen molar-refractivity contribution >= 4 is 29.1 Å². The van der Waals surface area contributed by atoms with E-state index in [4.69, 9.17) is 23.2 Å². The van der Waals surface area contributed by atoms with Crippen molar-refractivity contribution in [1.29, 1.82) is 0 Å². The highest BCUT2D eigenvalue weighted by molar-refractivity contribution is 6.35. The van der Waals surface area contributed by atoms with E-state index < -0.39 is 0 Å². The second kappa shape index (κ2) is 7.01. The highest BCUT2D eigenvalue weighted by Gasteiger charge is 2.11. The van der Waals surface area contributed by atoms with Crippen LogP contribution in [0.15, 0.2) is 18.2 Å². The fourth-order valence-electron chi connectivity index (χ4n) is 1.47. The van der Waals surface area contributed by atoms with Crippen molar-refractivity contribution in [3.63, 3.8) is 0 Å². The van der Waals surface area contributed by atoms with Gasteiger partial charge in [-0.1, -0.05) is 43.1 Å². The predicted octanol–water partition coefficient (Wildman–Crippen LogP) is 4.09. The third kappa shape index (κ3) is 4.87. The molecule has 0 fully saturated rings. The molecule has 18 heavy (non-hydrogen) atoms. The van der Waals surface area contributed by atoms with Crippen LogP contribution in [0.3, 0.4) is 0 Å². The minimum atomic E-state index is 0.0576. The Labute approximate surface area is 119 Å². The van der Waals surface area contributed by atoms with Crippen LogP contribution in [-0.4, -0.2) is 11.9 Å². The van der Waals surface area contributed by atoms with E-state index in [-0.39, 0.29) is 11.9 Å². The van der Waals surface area contributed by atoms with Crippen molar-refractivity contribution in [3.05, 3.63) is 33.8 Å². The summed E-state index contributed by atoms with van der Waals surface area (Å²) in [5.41, 5.74) is 0.952. The predicted molar refractivity (Wildman–Crippen MR) is 77.2 cm³/mol. The third-order valence-corrected chi connectivity index (χ3v) is 3.61. The number of hydrogen-bond donors (Lipinski definition) is 1. The van der Waals surface area contributed by atoms with Gasteiger partial charge in [-0.3, -0.25) is 4.79 Å². The van der Waals surface area contributed by atoms with E-state index in [1.807, 2.05) is 13.0 Å². The first-order chi connectivity index (χ1) is 8.40. The Morgan fingerprint density at radius 1 is 1.28 bits per heavy atom. The highest BCUT2D eigenvalue weighted by Crippen LogP contribution is 2.22. The number of nitrogens with one attached hydrogen (secondary N) is 1. The van der Waals surface area contributed by atoms with Crippen molar-refractivity contribution in [2.75, 3.05) is 0 Å². The second-order valence-corrected chi connectivity index (χ2v) is 5.68. The average molecular weight is 288 g/mol. The van der Waals surface area contributed by atoms with Gasteiger partial charge >= 0.3 is 0 Å². The van der Waals surface area contributed by atoms with E-state index in [1.54, 1.807) is 12.1 Å². The summed E-state index contributed by atoms with van der Waals surface area (Å²) in [5, 5.41) is 4.20. The quantitative estimate of drug-likeness (QED) is 0.868. The topological polar surface area (TPSA) is 29.1 Å². The molecule has 1 rings (SSSR count). The molecular formula is C14H19Cl2NO. The molecule has 0 heterocycles. The first-order valence-electron chi connectivity index (χ1n) is 6.13. The fourth-order valence-corrected chi connectivity index (χ4v) is 1.97. The maximum atomic E-state index is 11.7. The lowest BCUT2D eigenvalue weighted by atomic mass is 10.1. The van der Waals surface area contributed by atoms with Gasteiger partial charge in [0.05, 0.1) is 0 Å². The largest absolute Gasteiger partial charge is 0.353 e. The lowest BCUT2D eigenvalue weighted by Crippen LogP contribution is -2.36. The van der Waals surface area contributed by atoms with Crippen molar-refractivity contribution in [1.82, 2.24) is 5.32 Å². The van der Waals surface area contributed by atoms with E-state index in [2.05, 4.69) is 19.2 Å². The molecule has 100 valence electrons. The van der Waals surface area contributed by atoms with Gasteiger partial charge in [-0.05, 0) is 37.0 Å². The number of amides is 1. The Morgan fingerprint density at radius 2 is 1.94 bits per heavy atom. The zero-order valence-electron chi connectivity index (χ0n) is 11.0. The van der Waals surface area contributed by atoms with Crippen LogP contribution in [-0.2, 0) is 11.2 Å². The summed E-state index contributed by atoms with van der Waals surface area (Å²) in [6.45, 7) is 6.18. The van der Waals surface area contributed by atoms with Crippen LogP contribution in [0.2, 0.25) is 10.0 Å². The SMILES string of the molecule is CC(C)[C@H](C)NC(=O)CCc1ccc(Cl)cc1Cl. The van der Waals surface area contributed by atoms with Gasteiger partial charge in [-0.25, -0.2) is 0 Å². The Bertz CT molecular complexity index is 418. The number of carbonyl (C=O) groups is 1. The molecule has 0 aliphatic carbocycles. The molecule has 1 N–H and O–H groups in total. The van der Waals surface area contributed by atoms with Gasteiger partial charge in [-0.2, -0.15) is 0 Å². The van der Waals surface area contributed by atoms with Crippen LogP contribution in [0, 0.1) is 5.92 Å². The molecule has 1 atom stereocenters. The number of hydrogen-bond acceptors (Lipinski definition) is 1. The van der Waals surface area contributed by atoms with Gasteiger partial charge < -0.3 is 5.32 Å². The Kier molecular flexibility index (Phi) is 5.97. The van der Waals surface area contributed by atoms with Crippen molar-refractivity contribution in [2.45, 2.75) is 39.7 Å². The third-order valence-electron chi connectivity index (χ3n) is 3.03. The van der Waals surface area contributed by atoms with Gasteiger partial charge in [0.2, 0.25) is 5.91 Å². The molecule has 0 saturated carbocycles. The molecule has 0 radical (unpaired) electrons. The molecule has 1 aromatic rings. The van der Waals surface area contributed by atoms with E-state index in [1.165, 1.54) is 0 Å². The molecule has 0 saturated heterocycles. The summed E-state index contributed by atoms with van der Waals surface area (Å²) in [6.07, 6.45) is 1.07. The van der Waals surface area contributed by atoms with Gasteiger partial charge in [0.25, 0.3) is 0 Å². The Hall–Kier alpha value is -0.730. The molecule has 4 heteroatoms. The lowest BCUT2D eigenvalue weighted by molar-refractivity contribution is -0.121. The fraction of sp³-hybridized carbons (Fsp3) is 0.500. The maximum Gasteiger partial charge on any atom is 0.220 e. The summed E-state index contributed by atoms with van der Waals surface area (Å²) in [4.78, 5) is 11.7. The molecular weight excluding hydrogens is 269 g/mol. The van der Waals surface area contributed by atoms with E-state index in [9.17, 15) is 4.79 Å². The molecule has 0 aliphatic rings. The first-order valence-corrected chi connectivity index (χ1v) is 6.89. The number of aryl methyl sites for hydroxylation is 1. The summed E-state index contributed by atoms with van der Waals surface area (Å²) >= 11 is 11.9.